The third-order valence-electron chi connectivity index (χ3n) is 3.03. The van der Waals surface area contributed by atoms with E-state index in [-0.39, 0.29) is 0 Å². The Morgan fingerprint density at radius 3 is 2.24 bits per heavy atom. The zero-order valence-corrected chi connectivity index (χ0v) is 9.97. The molecule has 0 aromatic heterocycles. The van der Waals surface area contributed by atoms with Gasteiger partial charge in [-0.15, -0.1) is 0 Å². The minimum absolute atomic E-state index is 0.470. The van der Waals surface area contributed by atoms with E-state index in [1.54, 1.807) is 0 Å². The van der Waals surface area contributed by atoms with Gasteiger partial charge in [0.1, 0.15) is 6.29 Å². The highest BCUT2D eigenvalue weighted by Gasteiger charge is 2.06. The van der Waals surface area contributed by atoms with Gasteiger partial charge < -0.3 is 0 Å². The van der Waals surface area contributed by atoms with Crippen LogP contribution in [-0.4, -0.2) is 6.29 Å². The summed E-state index contributed by atoms with van der Waals surface area (Å²) >= 11 is 0. The van der Waals surface area contributed by atoms with Crippen LogP contribution in [-0.2, 0) is 6.42 Å². The molecule has 2 aromatic carbocycles. The fourth-order valence-corrected chi connectivity index (χ4v) is 1.99. The van der Waals surface area contributed by atoms with Crippen LogP contribution in [0.4, 0.5) is 0 Å². The summed E-state index contributed by atoms with van der Waals surface area (Å²) in [5.74, 6) is 0.470. The normalized spacial score (nSPS) is 12.1. The van der Waals surface area contributed by atoms with Crippen LogP contribution in [0, 0.1) is 0 Å². The Morgan fingerprint density at radius 2 is 1.65 bits per heavy atom. The van der Waals surface area contributed by atoms with Gasteiger partial charge in [0.2, 0.25) is 0 Å². The number of benzene rings is 2. The molecule has 0 N–H and O–H groups in total. The fraction of sp³-hybridized carbons (Fsp3) is 0.188. The number of aldehydes is 1. The Kier molecular flexibility index (Phi) is 3.71. The van der Waals surface area contributed by atoms with Gasteiger partial charge in [0.15, 0.2) is 0 Å². The molecule has 0 radical (unpaired) electrons. The SMILES string of the molecule is CC(Cc1ccccc1)c1ccc(C=O)cc1. The van der Waals surface area contributed by atoms with Crippen molar-refractivity contribution in [2.45, 2.75) is 19.3 Å². The predicted molar refractivity (Wildman–Crippen MR) is 70.4 cm³/mol. The second-order valence-electron chi connectivity index (χ2n) is 4.38. The smallest absolute Gasteiger partial charge is 0.150 e. The molecule has 0 fully saturated rings. The quantitative estimate of drug-likeness (QED) is 0.721. The lowest BCUT2D eigenvalue weighted by atomic mass is 9.93. The average Bonchev–Trinajstić information content (AvgIpc) is 2.40. The van der Waals surface area contributed by atoms with Crippen LogP contribution in [0.15, 0.2) is 54.6 Å². The van der Waals surface area contributed by atoms with E-state index in [0.717, 1.165) is 18.3 Å². The first-order chi connectivity index (χ1) is 8.29. The zero-order chi connectivity index (χ0) is 12.1. The first-order valence-corrected chi connectivity index (χ1v) is 5.88. The van der Waals surface area contributed by atoms with Crippen molar-refractivity contribution in [3.63, 3.8) is 0 Å². The van der Waals surface area contributed by atoms with E-state index in [1.807, 2.05) is 30.3 Å². The van der Waals surface area contributed by atoms with Crippen LogP contribution >= 0.6 is 0 Å². The number of hydrogen-bond acceptors (Lipinski definition) is 1. The van der Waals surface area contributed by atoms with Crippen molar-refractivity contribution in [2.75, 3.05) is 0 Å². The van der Waals surface area contributed by atoms with Crippen molar-refractivity contribution >= 4 is 6.29 Å². The molecular formula is C16H16O. The summed E-state index contributed by atoms with van der Waals surface area (Å²) in [6.07, 6.45) is 1.91. The average molecular weight is 224 g/mol. The lowest BCUT2D eigenvalue weighted by Crippen LogP contribution is -1.98. The minimum atomic E-state index is 0.470. The van der Waals surface area contributed by atoms with Gasteiger partial charge in [0.25, 0.3) is 0 Å². The van der Waals surface area contributed by atoms with Gasteiger partial charge in [0, 0.05) is 5.56 Å². The van der Waals surface area contributed by atoms with E-state index in [9.17, 15) is 4.79 Å². The molecule has 0 amide bonds. The van der Waals surface area contributed by atoms with Gasteiger partial charge in [0.05, 0.1) is 0 Å². The van der Waals surface area contributed by atoms with Crippen LogP contribution in [0.1, 0.15) is 34.3 Å². The minimum Gasteiger partial charge on any atom is -0.298 e. The summed E-state index contributed by atoms with van der Waals surface area (Å²) < 4.78 is 0. The molecule has 86 valence electrons. The van der Waals surface area contributed by atoms with Gasteiger partial charge in [-0.1, -0.05) is 61.5 Å². The lowest BCUT2D eigenvalue weighted by Gasteiger charge is -2.12. The lowest BCUT2D eigenvalue weighted by molar-refractivity contribution is 0.112. The summed E-state index contributed by atoms with van der Waals surface area (Å²) in [5, 5.41) is 0. The third-order valence-corrected chi connectivity index (χ3v) is 3.03. The molecule has 1 heteroatoms. The maximum absolute atomic E-state index is 10.6. The van der Waals surface area contributed by atoms with Crippen LogP contribution in [0.25, 0.3) is 0 Å². The number of carbonyl (C=O) groups is 1. The van der Waals surface area contributed by atoms with Crippen molar-refractivity contribution in [3.8, 4) is 0 Å². The van der Waals surface area contributed by atoms with E-state index in [4.69, 9.17) is 0 Å². The van der Waals surface area contributed by atoms with Gasteiger partial charge in [-0.05, 0) is 23.5 Å². The Morgan fingerprint density at radius 1 is 1.00 bits per heavy atom. The summed E-state index contributed by atoms with van der Waals surface area (Å²) in [7, 11) is 0. The molecule has 0 saturated heterocycles. The molecule has 1 unspecified atom stereocenters. The molecule has 0 saturated carbocycles. The molecule has 2 rings (SSSR count). The van der Waals surface area contributed by atoms with Crippen molar-refractivity contribution in [1.82, 2.24) is 0 Å². The van der Waals surface area contributed by atoms with E-state index >= 15 is 0 Å². The van der Waals surface area contributed by atoms with Gasteiger partial charge in [-0.3, -0.25) is 4.79 Å². The Balaban J connectivity index is 2.09. The van der Waals surface area contributed by atoms with Crippen molar-refractivity contribution < 1.29 is 4.79 Å². The molecule has 17 heavy (non-hydrogen) atoms. The third kappa shape index (κ3) is 3.04. The summed E-state index contributed by atoms with van der Waals surface area (Å²) in [6, 6.07) is 18.3. The van der Waals surface area contributed by atoms with Crippen LogP contribution in [0.2, 0.25) is 0 Å². The van der Waals surface area contributed by atoms with Gasteiger partial charge >= 0.3 is 0 Å². The summed E-state index contributed by atoms with van der Waals surface area (Å²) in [5.41, 5.74) is 3.36. The van der Waals surface area contributed by atoms with Crippen LogP contribution in [0.3, 0.4) is 0 Å². The maximum atomic E-state index is 10.6. The van der Waals surface area contributed by atoms with Crippen molar-refractivity contribution in [3.05, 3.63) is 71.3 Å². The van der Waals surface area contributed by atoms with Gasteiger partial charge in [-0.2, -0.15) is 0 Å². The second kappa shape index (κ2) is 5.44. The highest BCUT2D eigenvalue weighted by atomic mass is 16.1. The molecule has 1 nitrogen and oxygen atoms in total. The largest absolute Gasteiger partial charge is 0.298 e. The number of hydrogen-bond donors (Lipinski definition) is 0. The second-order valence-corrected chi connectivity index (χ2v) is 4.38. The molecule has 0 aliphatic rings. The molecule has 0 spiro atoms. The monoisotopic (exact) mass is 224 g/mol. The Labute approximate surface area is 102 Å². The molecule has 2 aromatic rings. The highest BCUT2D eigenvalue weighted by molar-refractivity contribution is 5.74. The van der Waals surface area contributed by atoms with Crippen LogP contribution in [0.5, 0.6) is 0 Å². The summed E-state index contributed by atoms with van der Waals surface area (Å²) in [4.78, 5) is 10.6. The fourth-order valence-electron chi connectivity index (χ4n) is 1.99. The van der Waals surface area contributed by atoms with E-state index in [2.05, 4.69) is 31.2 Å². The van der Waals surface area contributed by atoms with Crippen LogP contribution < -0.4 is 0 Å². The predicted octanol–water partition coefficient (Wildman–Crippen LogP) is 3.85. The molecule has 0 heterocycles. The molecule has 1 atom stereocenters. The first kappa shape index (κ1) is 11.6. The standard InChI is InChI=1S/C16H16O/c1-13(11-14-5-3-2-4-6-14)16-9-7-15(12-17)8-10-16/h2-10,12-13H,11H2,1H3. The maximum Gasteiger partial charge on any atom is 0.150 e. The topological polar surface area (TPSA) is 17.1 Å². The van der Waals surface area contributed by atoms with Crippen molar-refractivity contribution in [2.24, 2.45) is 0 Å². The molecular weight excluding hydrogens is 208 g/mol. The van der Waals surface area contributed by atoms with E-state index in [1.165, 1.54) is 11.1 Å². The first-order valence-electron chi connectivity index (χ1n) is 5.88. The molecule has 0 bridgehead atoms. The molecule has 0 aliphatic carbocycles. The van der Waals surface area contributed by atoms with Gasteiger partial charge in [-0.25, -0.2) is 0 Å². The highest BCUT2D eigenvalue weighted by Crippen LogP contribution is 2.20. The van der Waals surface area contributed by atoms with E-state index in [0.29, 0.717) is 5.92 Å². The Hall–Kier alpha value is -1.89. The Bertz CT molecular complexity index is 471. The number of carbonyl (C=O) groups excluding carboxylic acids is 1. The van der Waals surface area contributed by atoms with Crippen molar-refractivity contribution in [1.29, 1.82) is 0 Å². The van der Waals surface area contributed by atoms with E-state index < -0.39 is 0 Å². The number of rotatable bonds is 4. The summed E-state index contributed by atoms with van der Waals surface area (Å²) in [6.45, 7) is 2.21. The molecule has 0 aliphatic heterocycles. The zero-order valence-electron chi connectivity index (χ0n) is 9.97.